The van der Waals surface area contributed by atoms with Crippen LogP contribution in [0.4, 0.5) is 5.82 Å². The summed E-state index contributed by atoms with van der Waals surface area (Å²) in [5.41, 5.74) is 10.5. The number of aromatic nitrogens is 4. The van der Waals surface area contributed by atoms with Crippen LogP contribution >= 0.6 is 22.9 Å². The summed E-state index contributed by atoms with van der Waals surface area (Å²) in [6.07, 6.45) is 4.94. The summed E-state index contributed by atoms with van der Waals surface area (Å²) in [5.74, 6) is 2.36. The van der Waals surface area contributed by atoms with Crippen molar-refractivity contribution in [3.63, 3.8) is 0 Å². The van der Waals surface area contributed by atoms with E-state index < -0.39 is 0 Å². The van der Waals surface area contributed by atoms with E-state index in [2.05, 4.69) is 125 Å². The molecule has 1 aliphatic rings. The fourth-order valence-corrected chi connectivity index (χ4v) is 6.18. The van der Waals surface area contributed by atoms with Crippen LogP contribution in [0.5, 0.6) is 5.75 Å². The highest BCUT2D eigenvalue weighted by Crippen LogP contribution is 2.39. The first-order valence-corrected chi connectivity index (χ1v) is 14.6. The molecule has 5 aromatic rings. The summed E-state index contributed by atoms with van der Waals surface area (Å²) in [5, 5.41) is 6.49. The second-order valence-electron chi connectivity index (χ2n) is 11.0. The number of hydrogen-bond donors (Lipinski definition) is 0. The van der Waals surface area contributed by atoms with E-state index in [0.717, 1.165) is 59.3 Å². The zero-order chi connectivity index (χ0) is 27.3. The number of benzene rings is 2. The van der Waals surface area contributed by atoms with Crippen LogP contribution in [0.25, 0.3) is 27.8 Å². The van der Waals surface area contributed by atoms with Gasteiger partial charge in [-0.25, -0.2) is 9.67 Å². The summed E-state index contributed by atoms with van der Waals surface area (Å²) in [7, 11) is 0. The van der Waals surface area contributed by atoms with Gasteiger partial charge in [0.2, 0.25) is 0 Å². The molecule has 0 atom stereocenters. The minimum atomic E-state index is 0.433. The standard InChI is InChI=1S/C32H34IN5O/c1-20(2)19-39-29-8-6-7-22(4)30(29)38-31(25-9-10-28-24(16-25)11-14-37(28)33)26-18-36(13-12-27(26)35-38)32-23(5)15-21(3)17-34-32/h6-11,14-17,20H,12-13,18-19H2,1-5H3. The third-order valence-corrected chi connectivity index (χ3v) is 8.26. The summed E-state index contributed by atoms with van der Waals surface area (Å²) in [4.78, 5) is 7.23. The first-order valence-electron chi connectivity index (χ1n) is 13.6. The zero-order valence-corrected chi connectivity index (χ0v) is 25.4. The monoisotopic (exact) mass is 631 g/mol. The molecule has 0 fully saturated rings. The van der Waals surface area contributed by atoms with Crippen LogP contribution < -0.4 is 9.64 Å². The largest absolute Gasteiger partial charge is 0.491 e. The molecule has 4 heterocycles. The van der Waals surface area contributed by atoms with Gasteiger partial charge in [0.25, 0.3) is 0 Å². The Morgan fingerprint density at radius 2 is 1.87 bits per heavy atom. The molecule has 6 nitrogen and oxygen atoms in total. The first kappa shape index (κ1) is 25.9. The van der Waals surface area contributed by atoms with E-state index >= 15 is 0 Å². The van der Waals surface area contributed by atoms with Crippen LogP contribution in [0.1, 0.15) is 41.8 Å². The van der Waals surface area contributed by atoms with Crippen molar-refractivity contribution < 1.29 is 4.74 Å². The van der Waals surface area contributed by atoms with Crippen molar-refractivity contribution in [1.29, 1.82) is 0 Å². The SMILES string of the molecule is Cc1cnc(N2CCc3nn(-c4c(C)cccc4OCC(C)C)c(-c4ccc5c(ccn5I)c4)c3C2)c(C)c1. The van der Waals surface area contributed by atoms with Crippen LogP contribution in [0, 0.1) is 26.7 Å². The molecular weight excluding hydrogens is 597 g/mol. The van der Waals surface area contributed by atoms with Gasteiger partial charge in [-0.05, 0) is 67.6 Å². The van der Waals surface area contributed by atoms with Gasteiger partial charge in [-0.1, -0.05) is 38.1 Å². The third-order valence-electron chi connectivity index (χ3n) is 7.42. The van der Waals surface area contributed by atoms with Crippen molar-refractivity contribution in [3.8, 4) is 22.7 Å². The minimum absolute atomic E-state index is 0.433. The van der Waals surface area contributed by atoms with Crippen LogP contribution in [0.15, 0.2) is 60.9 Å². The number of aryl methyl sites for hydroxylation is 3. The van der Waals surface area contributed by atoms with Crippen molar-refractivity contribution in [2.75, 3.05) is 18.1 Å². The number of halogens is 1. The van der Waals surface area contributed by atoms with E-state index in [4.69, 9.17) is 14.8 Å². The van der Waals surface area contributed by atoms with Crippen molar-refractivity contribution in [2.45, 2.75) is 47.6 Å². The molecule has 0 saturated heterocycles. The molecule has 0 bridgehead atoms. The Hall–Kier alpha value is -3.33. The molecule has 7 heteroatoms. The van der Waals surface area contributed by atoms with E-state index in [1.54, 1.807) is 0 Å². The molecule has 6 rings (SSSR count). The van der Waals surface area contributed by atoms with Crippen molar-refractivity contribution in [2.24, 2.45) is 5.92 Å². The molecule has 0 aliphatic carbocycles. The van der Waals surface area contributed by atoms with E-state index in [0.29, 0.717) is 12.5 Å². The lowest BCUT2D eigenvalue weighted by atomic mass is 9.99. The number of para-hydroxylation sites is 1. The molecule has 200 valence electrons. The predicted octanol–water partition coefficient (Wildman–Crippen LogP) is 7.61. The maximum atomic E-state index is 6.36. The van der Waals surface area contributed by atoms with E-state index in [1.807, 2.05) is 6.20 Å². The molecule has 0 spiro atoms. The predicted molar refractivity (Wildman–Crippen MR) is 167 cm³/mol. The Bertz CT molecular complexity index is 1680. The molecule has 1 aliphatic heterocycles. The topological polar surface area (TPSA) is 48.1 Å². The minimum Gasteiger partial charge on any atom is -0.491 e. The Morgan fingerprint density at radius 3 is 2.67 bits per heavy atom. The van der Waals surface area contributed by atoms with Gasteiger partial charge in [0.1, 0.15) is 17.3 Å². The fourth-order valence-electron chi connectivity index (χ4n) is 5.58. The number of ether oxygens (including phenoxy) is 1. The average Bonchev–Trinajstić information content (AvgIpc) is 3.47. The second kappa shape index (κ2) is 10.3. The highest BCUT2D eigenvalue weighted by atomic mass is 127. The van der Waals surface area contributed by atoms with Gasteiger partial charge < -0.3 is 9.64 Å². The number of rotatable bonds is 6. The van der Waals surface area contributed by atoms with Gasteiger partial charge >= 0.3 is 0 Å². The molecule has 0 radical (unpaired) electrons. The Morgan fingerprint density at radius 1 is 1.03 bits per heavy atom. The van der Waals surface area contributed by atoms with Gasteiger partial charge in [-0.2, -0.15) is 5.10 Å². The highest BCUT2D eigenvalue weighted by molar-refractivity contribution is 14.1. The summed E-state index contributed by atoms with van der Waals surface area (Å²) >= 11 is 2.34. The Balaban J connectivity index is 1.54. The number of anilines is 1. The normalized spacial score (nSPS) is 13.4. The molecule has 2 aromatic carbocycles. The number of hydrogen-bond acceptors (Lipinski definition) is 4. The lowest BCUT2D eigenvalue weighted by molar-refractivity contribution is 0.270. The smallest absolute Gasteiger partial charge is 0.145 e. The van der Waals surface area contributed by atoms with Crippen molar-refractivity contribution in [1.82, 2.24) is 17.5 Å². The van der Waals surface area contributed by atoms with Gasteiger partial charge in [-0.15, -0.1) is 0 Å². The van der Waals surface area contributed by atoms with Crippen LogP contribution in [0.2, 0.25) is 0 Å². The number of pyridine rings is 1. The molecule has 0 amide bonds. The molecule has 0 unspecified atom stereocenters. The van der Waals surface area contributed by atoms with Crippen LogP contribution in [-0.2, 0) is 13.0 Å². The maximum absolute atomic E-state index is 6.36. The molecule has 0 N–H and O–H groups in total. The van der Waals surface area contributed by atoms with Crippen LogP contribution in [0.3, 0.4) is 0 Å². The molecule has 0 saturated carbocycles. The summed E-state index contributed by atoms with van der Waals surface area (Å²) < 4.78 is 10.6. The number of fused-ring (bicyclic) bond motifs is 2. The Labute approximate surface area is 244 Å². The lowest BCUT2D eigenvalue weighted by Crippen LogP contribution is -2.31. The van der Waals surface area contributed by atoms with Gasteiger partial charge in [0, 0.05) is 48.4 Å². The summed E-state index contributed by atoms with van der Waals surface area (Å²) in [6.45, 7) is 13.1. The average molecular weight is 632 g/mol. The third kappa shape index (κ3) is 4.81. The van der Waals surface area contributed by atoms with E-state index in [-0.39, 0.29) is 0 Å². The van der Waals surface area contributed by atoms with Crippen LogP contribution in [-0.4, -0.2) is 30.7 Å². The van der Waals surface area contributed by atoms with Gasteiger partial charge in [0.05, 0.1) is 46.4 Å². The lowest BCUT2D eigenvalue weighted by Gasteiger charge is -2.29. The van der Waals surface area contributed by atoms with E-state index in [9.17, 15) is 0 Å². The quantitative estimate of drug-likeness (QED) is 0.181. The maximum Gasteiger partial charge on any atom is 0.145 e. The van der Waals surface area contributed by atoms with Gasteiger partial charge in [-0.3, -0.25) is 2.78 Å². The van der Waals surface area contributed by atoms with Crippen molar-refractivity contribution in [3.05, 3.63) is 88.9 Å². The molecular formula is C32H34IN5O. The molecule has 3 aromatic heterocycles. The second-order valence-corrected chi connectivity index (χ2v) is 12.1. The van der Waals surface area contributed by atoms with Gasteiger partial charge in [0.15, 0.2) is 0 Å². The zero-order valence-electron chi connectivity index (χ0n) is 23.2. The Kier molecular flexibility index (Phi) is 6.87. The summed E-state index contributed by atoms with van der Waals surface area (Å²) in [6, 6.07) is 17.4. The number of nitrogens with zero attached hydrogens (tertiary/aromatic N) is 5. The fraction of sp³-hybridized carbons (Fsp3) is 0.312. The van der Waals surface area contributed by atoms with E-state index in [1.165, 1.54) is 27.6 Å². The first-order chi connectivity index (χ1) is 18.8. The highest BCUT2D eigenvalue weighted by Gasteiger charge is 2.29. The van der Waals surface area contributed by atoms with Crippen molar-refractivity contribution >= 4 is 39.6 Å². The molecule has 39 heavy (non-hydrogen) atoms.